The molecule has 3 aromatic carbocycles. The van der Waals surface area contributed by atoms with Crippen LogP contribution in [0.2, 0.25) is 5.02 Å². The van der Waals surface area contributed by atoms with Gasteiger partial charge in [0.1, 0.15) is 6.04 Å². The first-order chi connectivity index (χ1) is 16.5. The smallest absolute Gasteiger partial charge is 0.329 e. The first-order valence-corrected chi connectivity index (χ1v) is 11.3. The standard InChI is InChI=1S/C28H21ClN2O3/c1-34-27(33)28(17-30)23-16-13-18-7-5-6-10-22(18)31(23)25(24(28)19-8-3-2-4-9-19)26(32)20-11-14-21(29)15-12-20/h2-16,23-25H,1H3/t23-,24-,25+,28+/m1/s1. The summed E-state index contributed by atoms with van der Waals surface area (Å²) in [6.45, 7) is 0. The van der Waals surface area contributed by atoms with E-state index in [0.717, 1.165) is 16.8 Å². The molecule has 168 valence electrons. The van der Waals surface area contributed by atoms with Gasteiger partial charge in [-0.05, 0) is 41.5 Å². The topological polar surface area (TPSA) is 70.4 Å². The summed E-state index contributed by atoms with van der Waals surface area (Å²) in [6.07, 6.45) is 3.75. The SMILES string of the molecule is COC(=O)[C@]1(C#N)[C@H](c2ccccc2)[C@@H](C(=O)c2ccc(Cl)cc2)N2c3ccccc3C=C[C@@H]21. The van der Waals surface area contributed by atoms with Gasteiger partial charge in [0.05, 0.1) is 19.2 Å². The molecule has 34 heavy (non-hydrogen) atoms. The molecule has 1 saturated heterocycles. The van der Waals surface area contributed by atoms with Crippen LogP contribution in [0.15, 0.2) is 84.9 Å². The Morgan fingerprint density at radius 1 is 1.00 bits per heavy atom. The van der Waals surface area contributed by atoms with E-state index in [4.69, 9.17) is 16.3 Å². The Kier molecular flexibility index (Phi) is 5.47. The molecule has 2 heterocycles. The number of esters is 1. The molecule has 0 aromatic heterocycles. The van der Waals surface area contributed by atoms with Gasteiger partial charge in [-0.15, -0.1) is 0 Å². The van der Waals surface area contributed by atoms with Gasteiger partial charge in [0.2, 0.25) is 0 Å². The van der Waals surface area contributed by atoms with Crippen molar-refractivity contribution in [3.05, 3.63) is 107 Å². The van der Waals surface area contributed by atoms with Gasteiger partial charge in [-0.25, -0.2) is 0 Å². The first-order valence-electron chi connectivity index (χ1n) is 10.9. The highest BCUT2D eigenvalue weighted by molar-refractivity contribution is 6.30. The normalized spacial score (nSPS) is 24.6. The second kappa shape index (κ2) is 8.48. The second-order valence-electron chi connectivity index (χ2n) is 8.45. The molecule has 0 radical (unpaired) electrons. The number of halogens is 1. The second-order valence-corrected chi connectivity index (χ2v) is 8.88. The number of ketones is 1. The van der Waals surface area contributed by atoms with Crippen LogP contribution in [0.4, 0.5) is 5.69 Å². The predicted molar refractivity (Wildman–Crippen MR) is 131 cm³/mol. The average molecular weight is 469 g/mol. The number of methoxy groups -OCH3 is 1. The van der Waals surface area contributed by atoms with Gasteiger partial charge in [0.15, 0.2) is 11.2 Å². The zero-order valence-electron chi connectivity index (χ0n) is 18.4. The minimum atomic E-state index is -1.63. The number of hydrogen-bond donors (Lipinski definition) is 0. The number of ether oxygens (including phenoxy) is 1. The molecule has 0 aliphatic carbocycles. The summed E-state index contributed by atoms with van der Waals surface area (Å²) >= 11 is 6.07. The average Bonchev–Trinajstić information content (AvgIpc) is 3.20. The van der Waals surface area contributed by atoms with Crippen molar-refractivity contribution in [1.82, 2.24) is 0 Å². The molecule has 0 spiro atoms. The third kappa shape index (κ3) is 3.14. The minimum Gasteiger partial charge on any atom is -0.468 e. The maximum Gasteiger partial charge on any atom is 0.329 e. The van der Waals surface area contributed by atoms with Crippen molar-refractivity contribution < 1.29 is 14.3 Å². The quantitative estimate of drug-likeness (QED) is 0.385. The van der Waals surface area contributed by atoms with Crippen molar-refractivity contribution in [3.63, 3.8) is 0 Å². The van der Waals surface area contributed by atoms with Crippen LogP contribution in [-0.4, -0.2) is 30.9 Å². The fraction of sp³-hybridized carbons (Fsp3) is 0.179. The van der Waals surface area contributed by atoms with E-state index in [1.165, 1.54) is 7.11 Å². The maximum atomic E-state index is 14.2. The highest BCUT2D eigenvalue weighted by atomic mass is 35.5. The number of fused-ring (bicyclic) bond motifs is 3. The number of carbonyl (C=O) groups is 2. The first kappa shape index (κ1) is 21.9. The highest BCUT2D eigenvalue weighted by Gasteiger charge is 2.67. The third-order valence-corrected chi connectivity index (χ3v) is 7.06. The summed E-state index contributed by atoms with van der Waals surface area (Å²) in [7, 11) is 1.28. The summed E-state index contributed by atoms with van der Waals surface area (Å²) in [5.41, 5.74) is 1.26. The predicted octanol–water partition coefficient (Wildman–Crippen LogP) is 5.27. The number of Topliss-reactive ketones (excluding diaryl/α,β-unsaturated/α-hetero) is 1. The Morgan fingerprint density at radius 3 is 2.35 bits per heavy atom. The number of nitrogens with zero attached hydrogens (tertiary/aromatic N) is 2. The molecule has 0 N–H and O–H groups in total. The van der Waals surface area contributed by atoms with E-state index < -0.39 is 29.4 Å². The van der Waals surface area contributed by atoms with Gasteiger partial charge >= 0.3 is 5.97 Å². The van der Waals surface area contributed by atoms with E-state index >= 15 is 0 Å². The molecule has 6 heteroatoms. The Balaban J connectivity index is 1.81. The summed E-state index contributed by atoms with van der Waals surface area (Å²) in [4.78, 5) is 29.5. The van der Waals surface area contributed by atoms with E-state index in [9.17, 15) is 14.9 Å². The summed E-state index contributed by atoms with van der Waals surface area (Å²) in [5, 5.41) is 11.1. The van der Waals surface area contributed by atoms with Crippen LogP contribution >= 0.6 is 11.6 Å². The molecule has 5 nitrogen and oxygen atoms in total. The Morgan fingerprint density at radius 2 is 1.68 bits per heavy atom. The van der Waals surface area contributed by atoms with E-state index in [1.807, 2.05) is 71.6 Å². The van der Waals surface area contributed by atoms with Crippen LogP contribution in [0.25, 0.3) is 6.08 Å². The summed E-state index contributed by atoms with van der Waals surface area (Å²) in [5.74, 6) is -1.62. The number of para-hydroxylation sites is 1. The third-order valence-electron chi connectivity index (χ3n) is 6.81. The van der Waals surface area contributed by atoms with Gasteiger partial charge in [0, 0.05) is 22.2 Å². The van der Waals surface area contributed by atoms with Crippen LogP contribution in [0.3, 0.4) is 0 Å². The summed E-state index contributed by atoms with van der Waals surface area (Å²) < 4.78 is 5.22. The molecule has 0 bridgehead atoms. The zero-order chi connectivity index (χ0) is 23.9. The number of carbonyl (C=O) groups excluding carboxylic acids is 2. The van der Waals surface area contributed by atoms with Crippen LogP contribution in [0, 0.1) is 16.7 Å². The number of nitriles is 1. The van der Waals surface area contributed by atoms with Crippen LogP contribution in [0.1, 0.15) is 27.4 Å². The largest absolute Gasteiger partial charge is 0.468 e. The molecule has 4 atom stereocenters. The molecule has 2 aliphatic heterocycles. The van der Waals surface area contributed by atoms with Crippen LogP contribution < -0.4 is 4.90 Å². The fourth-order valence-corrected chi connectivity index (χ4v) is 5.48. The number of anilines is 1. The van der Waals surface area contributed by atoms with E-state index in [-0.39, 0.29) is 5.78 Å². The van der Waals surface area contributed by atoms with Gasteiger partial charge in [0.25, 0.3) is 0 Å². The monoisotopic (exact) mass is 468 g/mol. The molecule has 5 rings (SSSR count). The minimum absolute atomic E-state index is 0.193. The lowest BCUT2D eigenvalue weighted by Crippen LogP contribution is -2.46. The fourth-order valence-electron chi connectivity index (χ4n) is 5.35. The molecular weight excluding hydrogens is 448 g/mol. The van der Waals surface area contributed by atoms with Crippen LogP contribution in [-0.2, 0) is 9.53 Å². The summed E-state index contributed by atoms with van der Waals surface area (Å²) in [6, 6.07) is 24.4. The maximum absolute atomic E-state index is 14.2. The Hall–Kier alpha value is -3.88. The van der Waals surface area contributed by atoms with Crippen LogP contribution in [0.5, 0.6) is 0 Å². The number of rotatable bonds is 4. The Labute approximate surface area is 202 Å². The molecule has 2 aliphatic rings. The lowest BCUT2D eigenvalue weighted by molar-refractivity contribution is -0.150. The lowest BCUT2D eigenvalue weighted by atomic mass is 9.68. The van der Waals surface area contributed by atoms with Crippen molar-refractivity contribution in [2.75, 3.05) is 12.0 Å². The van der Waals surface area contributed by atoms with Crippen molar-refractivity contribution in [2.45, 2.75) is 18.0 Å². The molecule has 1 fully saturated rings. The van der Waals surface area contributed by atoms with Gasteiger partial charge < -0.3 is 9.64 Å². The molecule has 3 aromatic rings. The van der Waals surface area contributed by atoms with Gasteiger partial charge in [-0.2, -0.15) is 5.26 Å². The zero-order valence-corrected chi connectivity index (χ0v) is 19.1. The number of hydrogen-bond acceptors (Lipinski definition) is 5. The van der Waals surface area contributed by atoms with Crippen molar-refractivity contribution in [1.29, 1.82) is 5.26 Å². The van der Waals surface area contributed by atoms with E-state index in [1.54, 1.807) is 24.3 Å². The van der Waals surface area contributed by atoms with E-state index in [0.29, 0.717) is 10.6 Å². The molecule has 0 saturated carbocycles. The van der Waals surface area contributed by atoms with E-state index in [2.05, 4.69) is 6.07 Å². The van der Waals surface area contributed by atoms with Crippen molar-refractivity contribution in [2.24, 2.45) is 5.41 Å². The molecule has 0 unspecified atom stereocenters. The van der Waals surface area contributed by atoms with Crippen molar-refractivity contribution >= 4 is 35.1 Å². The highest BCUT2D eigenvalue weighted by Crippen LogP contribution is 2.56. The number of benzene rings is 3. The van der Waals surface area contributed by atoms with Gasteiger partial charge in [-0.3, -0.25) is 9.59 Å². The van der Waals surface area contributed by atoms with Crippen molar-refractivity contribution in [3.8, 4) is 6.07 Å². The molecule has 0 amide bonds. The Bertz CT molecular complexity index is 1330. The molecular formula is C28H21ClN2O3. The van der Waals surface area contributed by atoms with Gasteiger partial charge in [-0.1, -0.05) is 72.3 Å². The lowest BCUT2D eigenvalue weighted by Gasteiger charge is -2.36.